The predicted octanol–water partition coefficient (Wildman–Crippen LogP) is -0.875. The molecular weight excluding hydrogens is 410 g/mol. The molecule has 3 heterocycles. The van der Waals surface area contributed by atoms with Crippen LogP contribution in [-0.4, -0.2) is 83.2 Å². The first kappa shape index (κ1) is 21.2. The Morgan fingerprint density at radius 2 is 1.94 bits per heavy atom. The number of phenols is 1. The van der Waals surface area contributed by atoms with Crippen LogP contribution in [0.1, 0.15) is 11.8 Å². The van der Waals surface area contributed by atoms with Crippen molar-refractivity contribution >= 4 is 17.0 Å². The number of hydrogen-bond acceptors (Lipinski definition) is 11. The predicted molar refractivity (Wildman–Crippen MR) is 106 cm³/mol. The molecule has 1 aliphatic heterocycles. The van der Waals surface area contributed by atoms with Crippen LogP contribution in [0.2, 0.25) is 0 Å². The molecule has 1 aromatic carbocycles. The SMILES string of the molecule is COc1cccc(CNc2ncnc3c2ncn3C2O[C@H](CO)[C@@H](O)[C@H](O)[C@H]2O)c1O. The van der Waals surface area contributed by atoms with Gasteiger partial charge in [0.2, 0.25) is 0 Å². The van der Waals surface area contributed by atoms with Crippen LogP contribution in [0.25, 0.3) is 11.2 Å². The maximum absolute atomic E-state index is 10.4. The first-order valence-corrected chi connectivity index (χ1v) is 9.53. The van der Waals surface area contributed by atoms with Gasteiger partial charge in [-0.15, -0.1) is 0 Å². The number of methoxy groups -OCH3 is 1. The highest BCUT2D eigenvalue weighted by Gasteiger charge is 2.44. The number of nitrogens with zero attached hydrogens (tertiary/aromatic N) is 4. The molecule has 0 radical (unpaired) electrons. The number of nitrogens with one attached hydrogen (secondary N) is 1. The Morgan fingerprint density at radius 3 is 2.68 bits per heavy atom. The Kier molecular flexibility index (Phi) is 5.89. The van der Waals surface area contributed by atoms with Crippen molar-refractivity contribution in [1.29, 1.82) is 0 Å². The molecule has 1 fully saturated rings. The van der Waals surface area contributed by atoms with Crippen LogP contribution in [-0.2, 0) is 11.3 Å². The van der Waals surface area contributed by atoms with Crippen LogP contribution in [0, 0.1) is 0 Å². The molecule has 0 saturated carbocycles. The number of rotatable bonds is 6. The topological polar surface area (TPSA) is 175 Å². The minimum atomic E-state index is -1.52. The molecule has 12 heteroatoms. The summed E-state index contributed by atoms with van der Waals surface area (Å²) in [7, 11) is 1.46. The number of para-hydroxylation sites is 1. The molecule has 2 aromatic heterocycles. The highest BCUT2D eigenvalue weighted by molar-refractivity contribution is 5.82. The van der Waals surface area contributed by atoms with Crippen LogP contribution in [0.15, 0.2) is 30.9 Å². The lowest BCUT2D eigenvalue weighted by atomic mass is 9.98. The second-order valence-electron chi connectivity index (χ2n) is 7.09. The summed E-state index contributed by atoms with van der Waals surface area (Å²) < 4.78 is 12.1. The lowest BCUT2D eigenvalue weighted by Crippen LogP contribution is -2.56. The van der Waals surface area contributed by atoms with Gasteiger partial charge in [-0.05, 0) is 6.07 Å². The zero-order valence-corrected chi connectivity index (χ0v) is 16.5. The fourth-order valence-electron chi connectivity index (χ4n) is 3.53. The standard InChI is InChI=1S/C19H23N5O7/c1-30-10-4-2-3-9(13(10)26)5-20-17-12-18(22-7-21-17)24(8-23-12)19-16(29)15(28)14(27)11(6-25)31-19/h2-4,7-8,11,14-16,19,25-29H,5-6H2,1H3,(H,20,21,22)/t11-,14-,15+,16-,19?/m1/s1. The number of aliphatic hydroxyl groups excluding tert-OH is 4. The van der Waals surface area contributed by atoms with Crippen molar-refractivity contribution in [2.75, 3.05) is 19.0 Å². The molecule has 3 aromatic rings. The average Bonchev–Trinajstić information content (AvgIpc) is 3.22. The number of aromatic hydroxyl groups is 1. The third kappa shape index (κ3) is 3.75. The molecule has 4 rings (SSSR count). The van der Waals surface area contributed by atoms with Crippen LogP contribution in [0.4, 0.5) is 5.82 Å². The third-order valence-electron chi connectivity index (χ3n) is 5.25. The molecule has 1 saturated heterocycles. The summed E-state index contributed by atoms with van der Waals surface area (Å²) in [5, 5.41) is 53.2. The Hall–Kier alpha value is -3.03. The fraction of sp³-hybridized carbons (Fsp3) is 0.421. The van der Waals surface area contributed by atoms with Gasteiger partial charge in [0.1, 0.15) is 30.7 Å². The third-order valence-corrected chi connectivity index (χ3v) is 5.25. The molecule has 31 heavy (non-hydrogen) atoms. The quantitative estimate of drug-likeness (QED) is 0.285. The molecule has 1 unspecified atom stereocenters. The number of benzene rings is 1. The summed E-state index contributed by atoms with van der Waals surface area (Å²) in [6.45, 7) is -0.318. The zero-order valence-electron chi connectivity index (χ0n) is 16.5. The molecule has 1 aliphatic rings. The van der Waals surface area contributed by atoms with Crippen LogP contribution < -0.4 is 10.1 Å². The average molecular weight is 433 g/mol. The summed E-state index contributed by atoms with van der Waals surface area (Å²) in [6, 6.07) is 5.12. The molecule has 0 bridgehead atoms. The summed E-state index contributed by atoms with van der Waals surface area (Å²) in [4.78, 5) is 12.7. The van der Waals surface area contributed by atoms with Gasteiger partial charge in [0, 0.05) is 12.1 Å². The van der Waals surface area contributed by atoms with Gasteiger partial charge in [0.05, 0.1) is 20.0 Å². The minimum absolute atomic E-state index is 0.00893. The van der Waals surface area contributed by atoms with E-state index in [9.17, 15) is 25.5 Å². The van der Waals surface area contributed by atoms with E-state index in [0.717, 1.165) is 0 Å². The maximum atomic E-state index is 10.4. The van der Waals surface area contributed by atoms with Gasteiger partial charge in [-0.1, -0.05) is 12.1 Å². The Bertz CT molecular complexity index is 1060. The van der Waals surface area contributed by atoms with Gasteiger partial charge in [-0.25, -0.2) is 15.0 Å². The second kappa shape index (κ2) is 8.61. The largest absolute Gasteiger partial charge is 0.504 e. The highest BCUT2D eigenvalue weighted by atomic mass is 16.6. The summed E-state index contributed by atoms with van der Waals surface area (Å²) in [6.07, 6.45) is -4.01. The number of aromatic nitrogens is 4. The van der Waals surface area contributed by atoms with E-state index in [1.165, 1.54) is 24.3 Å². The summed E-state index contributed by atoms with van der Waals surface area (Å²) >= 11 is 0. The van der Waals surface area contributed by atoms with E-state index in [1.54, 1.807) is 18.2 Å². The van der Waals surface area contributed by atoms with Crippen molar-refractivity contribution in [3.8, 4) is 11.5 Å². The molecule has 166 valence electrons. The van der Waals surface area contributed by atoms with Gasteiger partial charge in [0.15, 0.2) is 34.7 Å². The molecule has 0 spiro atoms. The van der Waals surface area contributed by atoms with Crippen LogP contribution >= 0.6 is 0 Å². The Morgan fingerprint density at radius 1 is 1.13 bits per heavy atom. The molecule has 5 atom stereocenters. The monoisotopic (exact) mass is 433 g/mol. The summed E-state index contributed by atoms with van der Waals surface area (Å²) in [5.74, 6) is 0.726. The number of imidazole rings is 1. The Balaban J connectivity index is 1.61. The number of phenolic OH excluding ortho intramolecular Hbond substituents is 1. The highest BCUT2D eigenvalue weighted by Crippen LogP contribution is 2.32. The van der Waals surface area contributed by atoms with E-state index >= 15 is 0 Å². The molecule has 12 nitrogen and oxygen atoms in total. The van der Waals surface area contributed by atoms with Crippen molar-refractivity contribution < 1.29 is 35.0 Å². The first-order chi connectivity index (χ1) is 15.0. The number of ether oxygens (including phenoxy) is 2. The lowest BCUT2D eigenvalue weighted by Gasteiger charge is -2.40. The van der Waals surface area contributed by atoms with E-state index in [4.69, 9.17) is 9.47 Å². The fourth-order valence-corrected chi connectivity index (χ4v) is 3.53. The van der Waals surface area contributed by atoms with E-state index < -0.39 is 37.3 Å². The van der Waals surface area contributed by atoms with Gasteiger partial charge < -0.3 is 40.3 Å². The molecule has 0 aliphatic carbocycles. The smallest absolute Gasteiger partial charge is 0.167 e. The zero-order chi connectivity index (χ0) is 22.1. The Labute approximate surface area is 176 Å². The van der Waals surface area contributed by atoms with E-state index in [0.29, 0.717) is 28.3 Å². The number of fused-ring (bicyclic) bond motifs is 1. The first-order valence-electron chi connectivity index (χ1n) is 9.53. The van der Waals surface area contributed by atoms with Crippen LogP contribution in [0.5, 0.6) is 11.5 Å². The number of hydrogen-bond donors (Lipinski definition) is 6. The molecular formula is C19H23N5O7. The van der Waals surface area contributed by atoms with Crippen LogP contribution in [0.3, 0.4) is 0 Å². The van der Waals surface area contributed by atoms with E-state index in [2.05, 4.69) is 20.3 Å². The maximum Gasteiger partial charge on any atom is 0.167 e. The van der Waals surface area contributed by atoms with Crippen molar-refractivity contribution in [3.63, 3.8) is 0 Å². The number of aliphatic hydroxyl groups is 4. The molecule has 0 amide bonds. The van der Waals surface area contributed by atoms with Gasteiger partial charge in [-0.2, -0.15) is 0 Å². The lowest BCUT2D eigenvalue weighted by molar-refractivity contribution is -0.250. The normalized spacial score (nSPS) is 26.2. The van der Waals surface area contributed by atoms with Gasteiger partial charge in [-0.3, -0.25) is 4.57 Å². The van der Waals surface area contributed by atoms with Crippen molar-refractivity contribution in [1.82, 2.24) is 19.5 Å². The van der Waals surface area contributed by atoms with Gasteiger partial charge >= 0.3 is 0 Å². The number of anilines is 1. The molecule has 6 N–H and O–H groups in total. The van der Waals surface area contributed by atoms with Crippen molar-refractivity contribution in [2.24, 2.45) is 0 Å². The minimum Gasteiger partial charge on any atom is -0.504 e. The van der Waals surface area contributed by atoms with Gasteiger partial charge in [0.25, 0.3) is 0 Å². The van der Waals surface area contributed by atoms with Crippen molar-refractivity contribution in [2.45, 2.75) is 37.2 Å². The van der Waals surface area contributed by atoms with Crippen molar-refractivity contribution in [3.05, 3.63) is 36.4 Å². The van der Waals surface area contributed by atoms with E-state index in [-0.39, 0.29) is 12.3 Å². The van der Waals surface area contributed by atoms with E-state index in [1.807, 2.05) is 0 Å². The second-order valence-corrected chi connectivity index (χ2v) is 7.09. The summed E-state index contributed by atoms with van der Waals surface area (Å²) in [5.41, 5.74) is 1.25.